The number of aryl methyl sites for hydroxylation is 1. The zero-order valence-electron chi connectivity index (χ0n) is 14.1. The number of carbonyl (C=O) groups is 1. The first-order valence-electron chi connectivity index (χ1n) is 7.99. The lowest BCUT2D eigenvalue weighted by molar-refractivity contribution is 0.101. The number of aromatic nitrogens is 2. The van der Waals surface area contributed by atoms with Gasteiger partial charge in [-0.3, -0.25) is 9.59 Å². The van der Waals surface area contributed by atoms with Crippen LogP contribution in [0.15, 0.2) is 34.0 Å². The SMILES string of the molecule is CCCn1nc(C(=O)Nc2cc3c(cc2SC)OCCO3)ccc1=O. The van der Waals surface area contributed by atoms with Gasteiger partial charge in [-0.25, -0.2) is 4.68 Å². The molecule has 0 saturated carbocycles. The zero-order valence-corrected chi connectivity index (χ0v) is 14.9. The van der Waals surface area contributed by atoms with Gasteiger partial charge in [-0.05, 0) is 24.8 Å². The summed E-state index contributed by atoms with van der Waals surface area (Å²) in [7, 11) is 0. The third kappa shape index (κ3) is 3.79. The number of rotatable bonds is 5. The molecule has 0 radical (unpaired) electrons. The number of carbonyl (C=O) groups excluding carboxylic acids is 1. The molecule has 0 fully saturated rings. The molecule has 1 N–H and O–H groups in total. The summed E-state index contributed by atoms with van der Waals surface area (Å²) in [4.78, 5) is 25.1. The number of anilines is 1. The van der Waals surface area contributed by atoms with Gasteiger partial charge in [-0.2, -0.15) is 5.10 Å². The third-order valence-electron chi connectivity index (χ3n) is 3.65. The molecule has 25 heavy (non-hydrogen) atoms. The van der Waals surface area contributed by atoms with Crippen molar-refractivity contribution in [2.24, 2.45) is 0 Å². The van der Waals surface area contributed by atoms with E-state index in [4.69, 9.17) is 9.47 Å². The number of nitrogens with zero attached hydrogens (tertiary/aromatic N) is 2. The quantitative estimate of drug-likeness (QED) is 0.824. The predicted molar refractivity (Wildman–Crippen MR) is 96.0 cm³/mol. The van der Waals surface area contributed by atoms with Gasteiger partial charge in [0.15, 0.2) is 11.5 Å². The summed E-state index contributed by atoms with van der Waals surface area (Å²) in [5.74, 6) is 0.892. The fraction of sp³-hybridized carbons (Fsp3) is 0.353. The number of hydrogen-bond donors (Lipinski definition) is 1. The second kappa shape index (κ2) is 7.60. The number of benzene rings is 1. The van der Waals surface area contributed by atoms with Gasteiger partial charge < -0.3 is 14.8 Å². The zero-order chi connectivity index (χ0) is 17.8. The van der Waals surface area contributed by atoms with E-state index in [0.717, 1.165) is 11.3 Å². The molecule has 2 heterocycles. The maximum absolute atomic E-state index is 12.5. The number of thioether (sulfide) groups is 1. The fourth-order valence-electron chi connectivity index (χ4n) is 2.47. The molecule has 1 aromatic carbocycles. The Labute approximate surface area is 149 Å². The van der Waals surface area contributed by atoms with Crippen LogP contribution < -0.4 is 20.3 Å². The standard InChI is InChI=1S/C17H19N3O4S/c1-3-6-20-16(21)5-4-11(19-20)17(22)18-12-9-13-14(10-15(12)25-2)24-8-7-23-13/h4-5,9-10H,3,6-8H2,1-2H3,(H,18,22). The van der Waals surface area contributed by atoms with Gasteiger partial charge in [0.05, 0.1) is 5.69 Å². The third-order valence-corrected chi connectivity index (χ3v) is 4.42. The number of fused-ring (bicyclic) bond motifs is 1. The summed E-state index contributed by atoms with van der Waals surface area (Å²) in [6.07, 6.45) is 2.68. The molecule has 2 aromatic rings. The highest BCUT2D eigenvalue weighted by molar-refractivity contribution is 7.98. The van der Waals surface area contributed by atoms with Crippen LogP contribution >= 0.6 is 11.8 Å². The minimum absolute atomic E-state index is 0.190. The maximum atomic E-state index is 12.5. The van der Waals surface area contributed by atoms with E-state index in [2.05, 4.69) is 10.4 Å². The minimum Gasteiger partial charge on any atom is -0.486 e. The van der Waals surface area contributed by atoms with E-state index in [0.29, 0.717) is 36.9 Å². The average Bonchev–Trinajstić information content (AvgIpc) is 2.63. The summed E-state index contributed by atoms with van der Waals surface area (Å²) < 4.78 is 12.4. The molecule has 0 bridgehead atoms. The molecule has 1 aromatic heterocycles. The van der Waals surface area contributed by atoms with Crippen molar-refractivity contribution in [2.75, 3.05) is 24.8 Å². The van der Waals surface area contributed by atoms with Crippen LogP contribution in [0.4, 0.5) is 5.69 Å². The topological polar surface area (TPSA) is 82.5 Å². The average molecular weight is 361 g/mol. The molecular weight excluding hydrogens is 342 g/mol. The van der Waals surface area contributed by atoms with Gasteiger partial charge >= 0.3 is 0 Å². The number of ether oxygens (including phenoxy) is 2. The first kappa shape index (κ1) is 17.3. The van der Waals surface area contributed by atoms with Crippen molar-refractivity contribution >= 4 is 23.4 Å². The van der Waals surface area contributed by atoms with E-state index in [1.807, 2.05) is 19.2 Å². The maximum Gasteiger partial charge on any atom is 0.276 e. The van der Waals surface area contributed by atoms with Gasteiger partial charge in [0.2, 0.25) is 0 Å². The Balaban J connectivity index is 1.88. The molecule has 0 spiro atoms. The van der Waals surface area contributed by atoms with Crippen LogP contribution in [0.1, 0.15) is 23.8 Å². The molecule has 132 valence electrons. The monoisotopic (exact) mass is 361 g/mol. The molecule has 1 aliphatic heterocycles. The van der Waals surface area contributed by atoms with Gasteiger partial charge in [0.1, 0.15) is 18.9 Å². The molecule has 3 rings (SSSR count). The molecule has 1 amide bonds. The smallest absolute Gasteiger partial charge is 0.276 e. The van der Waals surface area contributed by atoms with Crippen molar-refractivity contribution < 1.29 is 14.3 Å². The second-order valence-corrected chi connectivity index (χ2v) is 6.28. The Hall–Kier alpha value is -2.48. The first-order valence-corrected chi connectivity index (χ1v) is 9.22. The summed E-state index contributed by atoms with van der Waals surface area (Å²) in [6.45, 7) is 3.40. The Morgan fingerprint density at radius 3 is 2.68 bits per heavy atom. The van der Waals surface area contributed by atoms with Gasteiger partial charge in [0.25, 0.3) is 11.5 Å². The number of hydrogen-bond acceptors (Lipinski definition) is 6. The molecule has 0 saturated heterocycles. The summed E-state index contributed by atoms with van der Waals surface area (Å²) in [5, 5.41) is 6.97. The summed E-state index contributed by atoms with van der Waals surface area (Å²) >= 11 is 1.49. The van der Waals surface area contributed by atoms with Crippen molar-refractivity contribution in [1.29, 1.82) is 0 Å². The molecule has 7 nitrogen and oxygen atoms in total. The van der Waals surface area contributed by atoms with E-state index >= 15 is 0 Å². The Kier molecular flexibility index (Phi) is 5.28. The highest BCUT2D eigenvalue weighted by Gasteiger charge is 2.18. The minimum atomic E-state index is -0.378. The number of nitrogens with one attached hydrogen (secondary N) is 1. The van der Waals surface area contributed by atoms with Gasteiger partial charge in [-0.1, -0.05) is 6.92 Å². The van der Waals surface area contributed by atoms with E-state index < -0.39 is 0 Å². The van der Waals surface area contributed by atoms with Crippen LogP contribution in [-0.2, 0) is 6.54 Å². The molecule has 0 atom stereocenters. The largest absolute Gasteiger partial charge is 0.486 e. The Morgan fingerprint density at radius 1 is 1.28 bits per heavy atom. The second-order valence-electron chi connectivity index (χ2n) is 5.43. The van der Waals surface area contributed by atoms with E-state index in [-0.39, 0.29) is 17.2 Å². The molecular formula is C17H19N3O4S. The lowest BCUT2D eigenvalue weighted by Crippen LogP contribution is -2.26. The van der Waals surface area contributed by atoms with Crippen molar-refractivity contribution in [3.63, 3.8) is 0 Å². The molecule has 0 unspecified atom stereocenters. The van der Waals surface area contributed by atoms with Crippen LogP contribution in [-0.4, -0.2) is 35.2 Å². The van der Waals surface area contributed by atoms with E-state index in [1.165, 1.54) is 28.6 Å². The summed E-state index contributed by atoms with van der Waals surface area (Å²) in [5.41, 5.74) is 0.592. The summed E-state index contributed by atoms with van der Waals surface area (Å²) in [6, 6.07) is 6.39. The van der Waals surface area contributed by atoms with E-state index in [1.54, 1.807) is 6.07 Å². The van der Waals surface area contributed by atoms with Crippen molar-refractivity contribution in [3.8, 4) is 11.5 Å². The van der Waals surface area contributed by atoms with Crippen molar-refractivity contribution in [2.45, 2.75) is 24.8 Å². The molecule has 8 heteroatoms. The van der Waals surface area contributed by atoms with Crippen LogP contribution in [0.3, 0.4) is 0 Å². The Morgan fingerprint density at radius 2 is 2.00 bits per heavy atom. The highest BCUT2D eigenvalue weighted by Crippen LogP contribution is 2.39. The highest BCUT2D eigenvalue weighted by atomic mass is 32.2. The van der Waals surface area contributed by atoms with Gasteiger partial charge in [0, 0.05) is 23.6 Å². The van der Waals surface area contributed by atoms with Crippen LogP contribution in [0.25, 0.3) is 0 Å². The first-order chi connectivity index (χ1) is 12.1. The lowest BCUT2D eigenvalue weighted by atomic mass is 10.2. The predicted octanol–water partition coefficient (Wildman–Crippen LogP) is 2.40. The lowest BCUT2D eigenvalue weighted by Gasteiger charge is -2.20. The van der Waals surface area contributed by atoms with Crippen LogP contribution in [0, 0.1) is 0 Å². The molecule has 1 aliphatic rings. The normalized spacial score (nSPS) is 12.7. The number of amides is 1. The molecule has 0 aliphatic carbocycles. The fourth-order valence-corrected chi connectivity index (χ4v) is 3.02. The van der Waals surface area contributed by atoms with Crippen molar-refractivity contribution in [1.82, 2.24) is 9.78 Å². The Bertz CT molecular complexity index is 850. The van der Waals surface area contributed by atoms with E-state index in [9.17, 15) is 9.59 Å². The van der Waals surface area contributed by atoms with Crippen molar-refractivity contribution in [3.05, 3.63) is 40.3 Å². The van der Waals surface area contributed by atoms with Gasteiger partial charge in [-0.15, -0.1) is 11.8 Å². The van der Waals surface area contributed by atoms with Crippen LogP contribution in [0.5, 0.6) is 11.5 Å². The van der Waals surface area contributed by atoms with Crippen LogP contribution in [0.2, 0.25) is 0 Å².